The number of aromatic nitrogens is 4. The van der Waals surface area contributed by atoms with Crippen LogP contribution in [0.5, 0.6) is 0 Å². The van der Waals surface area contributed by atoms with Gasteiger partial charge in [0.1, 0.15) is 17.2 Å². The van der Waals surface area contributed by atoms with Gasteiger partial charge in [-0.05, 0) is 82.3 Å². The van der Waals surface area contributed by atoms with Crippen LogP contribution < -0.4 is 4.90 Å². The third-order valence-corrected chi connectivity index (χ3v) is 8.46. The first kappa shape index (κ1) is 27.0. The van der Waals surface area contributed by atoms with E-state index in [4.69, 9.17) is 26.5 Å². The third kappa shape index (κ3) is 5.67. The Morgan fingerprint density at radius 1 is 0.975 bits per heavy atom. The quantitative estimate of drug-likeness (QED) is 0.421. The lowest BCUT2D eigenvalue weighted by Gasteiger charge is -2.38. The molecule has 0 bridgehead atoms. The molecule has 0 saturated carbocycles. The van der Waals surface area contributed by atoms with Crippen molar-refractivity contribution < 1.29 is 9.53 Å². The van der Waals surface area contributed by atoms with Crippen LogP contribution in [-0.4, -0.2) is 73.5 Å². The lowest BCUT2D eigenvalue weighted by molar-refractivity contribution is 0.0130. The van der Waals surface area contributed by atoms with Gasteiger partial charge in [-0.1, -0.05) is 17.7 Å². The van der Waals surface area contributed by atoms with Crippen LogP contribution in [0.1, 0.15) is 69.6 Å². The van der Waals surface area contributed by atoms with Crippen LogP contribution in [0.4, 0.5) is 10.6 Å². The Balaban J connectivity index is 1.20. The van der Waals surface area contributed by atoms with Crippen LogP contribution in [0.25, 0.3) is 5.69 Å². The van der Waals surface area contributed by atoms with Gasteiger partial charge < -0.3 is 14.5 Å². The minimum absolute atomic E-state index is 0.225. The number of anilines is 1. The molecule has 1 amide bonds. The molecule has 2 fully saturated rings. The number of ether oxygens (including phenoxy) is 1. The summed E-state index contributed by atoms with van der Waals surface area (Å²) in [6, 6.07) is 12.6. The summed E-state index contributed by atoms with van der Waals surface area (Å²) >= 11 is 6.51. The normalized spacial score (nSPS) is 19.2. The summed E-state index contributed by atoms with van der Waals surface area (Å²) in [7, 11) is 0. The summed E-state index contributed by atoms with van der Waals surface area (Å²) in [6.45, 7) is 10.5. The molecule has 0 atom stereocenters. The van der Waals surface area contributed by atoms with Gasteiger partial charge >= 0.3 is 6.09 Å². The monoisotopic (exact) mass is 563 g/mol. The molecule has 10 heteroatoms. The highest BCUT2D eigenvalue weighted by Crippen LogP contribution is 2.35. The summed E-state index contributed by atoms with van der Waals surface area (Å²) in [5.41, 5.74) is 1.83. The van der Waals surface area contributed by atoms with Crippen LogP contribution in [-0.2, 0) is 17.8 Å². The van der Waals surface area contributed by atoms with Crippen molar-refractivity contribution in [1.29, 1.82) is 0 Å². The predicted octanol–water partition coefficient (Wildman–Crippen LogP) is 5.41. The van der Waals surface area contributed by atoms with Gasteiger partial charge in [0.15, 0.2) is 5.82 Å². The Morgan fingerprint density at radius 3 is 2.45 bits per heavy atom. The van der Waals surface area contributed by atoms with Gasteiger partial charge in [0.05, 0.1) is 12.2 Å². The number of piperidine rings is 2. The third-order valence-electron chi connectivity index (χ3n) is 8.22. The summed E-state index contributed by atoms with van der Waals surface area (Å²) in [5.74, 6) is 3.38. The molecular weight excluding hydrogens is 526 g/mol. The molecule has 3 aliphatic rings. The molecule has 9 nitrogen and oxygen atoms in total. The molecule has 3 aromatic rings. The van der Waals surface area contributed by atoms with Crippen LogP contribution in [0.15, 0.2) is 42.6 Å². The fourth-order valence-electron chi connectivity index (χ4n) is 6.22. The van der Waals surface area contributed by atoms with E-state index >= 15 is 0 Å². The largest absolute Gasteiger partial charge is 0.444 e. The molecule has 1 aromatic carbocycles. The highest BCUT2D eigenvalue weighted by molar-refractivity contribution is 6.30. The number of hydrogen-bond acceptors (Lipinski definition) is 7. The molecular formula is C30H38ClN7O2. The first-order valence-corrected chi connectivity index (χ1v) is 14.7. The van der Waals surface area contributed by atoms with E-state index in [0.717, 1.165) is 73.5 Å². The van der Waals surface area contributed by atoms with E-state index in [0.29, 0.717) is 31.6 Å². The molecule has 6 rings (SSSR count). The van der Waals surface area contributed by atoms with Crippen LogP contribution >= 0.6 is 11.6 Å². The van der Waals surface area contributed by atoms with Crippen molar-refractivity contribution in [2.75, 3.05) is 31.1 Å². The fourth-order valence-corrected chi connectivity index (χ4v) is 6.42. The van der Waals surface area contributed by atoms with Gasteiger partial charge in [0.25, 0.3) is 0 Å². The summed E-state index contributed by atoms with van der Waals surface area (Å²) < 4.78 is 7.90. The molecule has 5 heterocycles. The average molecular weight is 564 g/mol. The van der Waals surface area contributed by atoms with Gasteiger partial charge in [-0.2, -0.15) is 0 Å². The Labute approximate surface area is 241 Å². The molecule has 212 valence electrons. The zero-order chi connectivity index (χ0) is 27.9. The number of halogens is 1. The van der Waals surface area contributed by atoms with E-state index in [2.05, 4.69) is 37.5 Å². The van der Waals surface area contributed by atoms with Crippen molar-refractivity contribution in [3.05, 3.63) is 64.8 Å². The minimum atomic E-state index is -0.488. The first-order chi connectivity index (χ1) is 19.2. The maximum atomic E-state index is 12.6. The minimum Gasteiger partial charge on any atom is -0.444 e. The molecule has 0 radical (unpaired) electrons. The zero-order valence-corrected chi connectivity index (χ0v) is 24.3. The maximum absolute atomic E-state index is 12.6. The number of benzene rings is 1. The van der Waals surface area contributed by atoms with E-state index in [1.807, 2.05) is 50.1 Å². The SMILES string of the molecule is CC(C)(C)OC(=O)N1CCC(N2Cc3cc(Cl)ccc3-n3c(nnc3C3CCN(c4ccccn4)CC3)C2)CC1. The van der Waals surface area contributed by atoms with Crippen molar-refractivity contribution >= 4 is 23.5 Å². The van der Waals surface area contributed by atoms with E-state index in [1.54, 1.807) is 0 Å². The van der Waals surface area contributed by atoms with Crippen molar-refractivity contribution in [3.63, 3.8) is 0 Å². The van der Waals surface area contributed by atoms with Gasteiger partial charge in [-0.3, -0.25) is 9.47 Å². The number of fused-ring (bicyclic) bond motifs is 3. The zero-order valence-electron chi connectivity index (χ0n) is 23.6. The number of amides is 1. The molecule has 0 spiro atoms. The second-order valence-electron chi connectivity index (χ2n) is 12.1. The predicted molar refractivity (Wildman–Crippen MR) is 155 cm³/mol. The van der Waals surface area contributed by atoms with Crippen molar-refractivity contribution in [2.45, 2.75) is 77.1 Å². The number of likely N-dealkylation sites (tertiary alicyclic amines) is 1. The van der Waals surface area contributed by atoms with E-state index < -0.39 is 5.60 Å². The highest BCUT2D eigenvalue weighted by atomic mass is 35.5. The van der Waals surface area contributed by atoms with Crippen molar-refractivity contribution in [3.8, 4) is 5.69 Å². The second-order valence-corrected chi connectivity index (χ2v) is 12.6. The summed E-state index contributed by atoms with van der Waals surface area (Å²) in [6.07, 6.45) is 5.42. The summed E-state index contributed by atoms with van der Waals surface area (Å²) in [4.78, 5) is 23.8. The second kappa shape index (κ2) is 11.0. The topological polar surface area (TPSA) is 79.6 Å². The number of hydrogen-bond donors (Lipinski definition) is 0. The smallest absolute Gasteiger partial charge is 0.410 e. The van der Waals surface area contributed by atoms with E-state index in [1.165, 1.54) is 5.56 Å². The Morgan fingerprint density at radius 2 is 1.75 bits per heavy atom. The average Bonchev–Trinajstić information content (AvgIpc) is 3.28. The molecule has 0 N–H and O–H groups in total. The lowest BCUT2D eigenvalue weighted by Crippen LogP contribution is -2.47. The highest BCUT2D eigenvalue weighted by Gasteiger charge is 2.34. The molecule has 0 aliphatic carbocycles. The number of carbonyl (C=O) groups is 1. The molecule has 3 aliphatic heterocycles. The maximum Gasteiger partial charge on any atom is 0.410 e. The van der Waals surface area contributed by atoms with E-state index in [-0.39, 0.29) is 6.09 Å². The molecule has 0 unspecified atom stereocenters. The van der Waals surface area contributed by atoms with Crippen molar-refractivity contribution in [1.82, 2.24) is 29.5 Å². The molecule has 2 aromatic heterocycles. The van der Waals surface area contributed by atoms with Crippen molar-refractivity contribution in [2.24, 2.45) is 0 Å². The number of pyridine rings is 1. The fraction of sp³-hybridized carbons (Fsp3) is 0.533. The first-order valence-electron chi connectivity index (χ1n) is 14.4. The van der Waals surface area contributed by atoms with Gasteiger partial charge in [0, 0.05) is 55.9 Å². The van der Waals surface area contributed by atoms with Gasteiger partial charge in [-0.15, -0.1) is 10.2 Å². The van der Waals surface area contributed by atoms with Gasteiger partial charge in [-0.25, -0.2) is 9.78 Å². The van der Waals surface area contributed by atoms with Crippen LogP contribution in [0.2, 0.25) is 5.02 Å². The van der Waals surface area contributed by atoms with Crippen LogP contribution in [0.3, 0.4) is 0 Å². The lowest BCUT2D eigenvalue weighted by atomic mass is 9.95. The Kier molecular flexibility index (Phi) is 7.44. The van der Waals surface area contributed by atoms with Gasteiger partial charge in [0.2, 0.25) is 0 Å². The number of nitrogens with zero attached hydrogens (tertiary/aromatic N) is 7. The van der Waals surface area contributed by atoms with E-state index in [9.17, 15) is 4.79 Å². The Bertz CT molecular complexity index is 1340. The molecule has 2 saturated heterocycles. The van der Waals surface area contributed by atoms with Crippen LogP contribution in [0, 0.1) is 0 Å². The number of rotatable bonds is 3. The molecule has 40 heavy (non-hydrogen) atoms. The standard InChI is InChI=1S/C30H38ClN7O2/c1-30(2,3)40-29(39)36-16-11-24(12-17-36)37-19-22-18-23(31)7-8-25(22)38-27(20-37)33-34-28(38)21-9-14-35(15-10-21)26-6-4-5-13-32-26/h4-8,13,18,21,24H,9-12,14-17,19-20H2,1-3H3. The number of carbonyl (C=O) groups excluding carboxylic acids is 1. The summed E-state index contributed by atoms with van der Waals surface area (Å²) in [5, 5.41) is 10.3. The Hall–Kier alpha value is -3.17.